The highest BCUT2D eigenvalue weighted by Crippen LogP contribution is 2.25. The monoisotopic (exact) mass is 327 g/mol. The molecule has 0 aromatic carbocycles. The second-order valence-electron chi connectivity index (χ2n) is 5.63. The van der Waals surface area contributed by atoms with E-state index in [9.17, 15) is 0 Å². The van der Waals surface area contributed by atoms with Crippen molar-refractivity contribution in [3.63, 3.8) is 0 Å². The maximum Gasteiger partial charge on any atom is 0.169 e. The summed E-state index contributed by atoms with van der Waals surface area (Å²) in [6, 6.07) is 7.83. The van der Waals surface area contributed by atoms with Crippen LogP contribution in [0.5, 0.6) is 0 Å². The van der Waals surface area contributed by atoms with E-state index in [1.807, 2.05) is 29.8 Å². The van der Waals surface area contributed by atoms with Crippen LogP contribution in [0.15, 0.2) is 40.3 Å². The van der Waals surface area contributed by atoms with Gasteiger partial charge in [-0.25, -0.2) is 9.97 Å². The van der Waals surface area contributed by atoms with E-state index in [0.29, 0.717) is 5.76 Å². The Morgan fingerprint density at radius 1 is 1.26 bits per heavy atom. The van der Waals surface area contributed by atoms with Gasteiger partial charge < -0.3 is 9.52 Å². The van der Waals surface area contributed by atoms with Crippen molar-refractivity contribution < 1.29 is 9.52 Å². The molecule has 0 amide bonds. The maximum atomic E-state index is 9.07. The van der Waals surface area contributed by atoms with Crippen LogP contribution < -0.4 is 0 Å². The lowest BCUT2D eigenvalue weighted by molar-refractivity contribution is 0.207. The van der Waals surface area contributed by atoms with Gasteiger partial charge in [0.2, 0.25) is 0 Å². The van der Waals surface area contributed by atoms with Crippen molar-refractivity contribution >= 4 is 11.3 Å². The third-order valence-corrected chi connectivity index (χ3v) is 4.87. The Hall–Kier alpha value is -2.02. The van der Waals surface area contributed by atoms with Gasteiger partial charge in [0.15, 0.2) is 5.82 Å². The minimum Gasteiger partial charge on any atom is -0.462 e. The molecular formula is C17H17N3O2S. The smallest absolute Gasteiger partial charge is 0.169 e. The highest BCUT2D eigenvalue weighted by atomic mass is 32.1. The fourth-order valence-corrected chi connectivity index (χ4v) is 3.51. The van der Waals surface area contributed by atoms with Crippen molar-refractivity contribution in [3.8, 4) is 10.7 Å². The average molecular weight is 327 g/mol. The number of furan rings is 1. The van der Waals surface area contributed by atoms with Gasteiger partial charge in [-0.05, 0) is 23.6 Å². The molecule has 0 unspecified atom stereocenters. The Labute approximate surface area is 138 Å². The van der Waals surface area contributed by atoms with Crippen molar-refractivity contribution in [1.82, 2.24) is 14.9 Å². The molecule has 6 heteroatoms. The number of aliphatic hydroxyl groups excluding tert-OH is 1. The molecule has 1 aliphatic heterocycles. The van der Waals surface area contributed by atoms with E-state index >= 15 is 0 Å². The molecule has 1 N–H and O–H groups in total. The largest absolute Gasteiger partial charge is 0.462 e. The van der Waals surface area contributed by atoms with E-state index in [0.717, 1.165) is 48.2 Å². The zero-order valence-corrected chi connectivity index (χ0v) is 13.4. The molecule has 0 spiro atoms. The minimum absolute atomic E-state index is 0.0534. The Kier molecular flexibility index (Phi) is 3.95. The molecule has 3 aromatic rings. The number of hydrogen-bond acceptors (Lipinski definition) is 6. The number of aromatic nitrogens is 2. The van der Waals surface area contributed by atoms with Crippen molar-refractivity contribution in [1.29, 1.82) is 0 Å². The zero-order chi connectivity index (χ0) is 15.6. The third kappa shape index (κ3) is 3.06. The van der Waals surface area contributed by atoms with Crippen LogP contribution in [-0.4, -0.2) is 26.5 Å². The number of nitrogens with zero attached hydrogens (tertiary/aromatic N) is 3. The maximum absolute atomic E-state index is 9.07. The quantitative estimate of drug-likeness (QED) is 0.798. The van der Waals surface area contributed by atoms with Crippen LogP contribution in [-0.2, 0) is 26.1 Å². The van der Waals surface area contributed by atoms with Crippen LogP contribution in [0.1, 0.15) is 22.8 Å². The van der Waals surface area contributed by atoms with Crippen LogP contribution in [0.2, 0.25) is 0 Å². The van der Waals surface area contributed by atoms with E-state index in [1.54, 1.807) is 11.3 Å². The highest BCUT2D eigenvalue weighted by Gasteiger charge is 2.20. The van der Waals surface area contributed by atoms with Crippen LogP contribution >= 0.6 is 11.3 Å². The van der Waals surface area contributed by atoms with Crippen molar-refractivity contribution in [2.75, 3.05) is 6.54 Å². The van der Waals surface area contributed by atoms with Gasteiger partial charge in [-0.15, -0.1) is 11.3 Å². The molecule has 1 aliphatic rings. The van der Waals surface area contributed by atoms with Gasteiger partial charge in [0.25, 0.3) is 0 Å². The lowest BCUT2D eigenvalue weighted by Crippen LogP contribution is -2.30. The molecule has 0 bridgehead atoms. The predicted octanol–water partition coefficient (Wildman–Crippen LogP) is 2.85. The van der Waals surface area contributed by atoms with Gasteiger partial charge in [-0.2, -0.15) is 0 Å². The molecule has 0 saturated heterocycles. The van der Waals surface area contributed by atoms with Crippen LogP contribution in [0.25, 0.3) is 10.7 Å². The van der Waals surface area contributed by atoms with Crippen LogP contribution in [0.4, 0.5) is 0 Å². The molecule has 4 rings (SSSR count). The number of fused-ring (bicyclic) bond motifs is 1. The fourth-order valence-electron chi connectivity index (χ4n) is 2.85. The van der Waals surface area contributed by atoms with Crippen LogP contribution in [0.3, 0.4) is 0 Å². The molecule has 3 aromatic heterocycles. The summed E-state index contributed by atoms with van der Waals surface area (Å²) in [4.78, 5) is 12.7. The van der Waals surface area contributed by atoms with Gasteiger partial charge in [-0.1, -0.05) is 6.07 Å². The van der Waals surface area contributed by atoms with Gasteiger partial charge in [-0.3, -0.25) is 4.90 Å². The normalized spacial score (nSPS) is 14.8. The Morgan fingerprint density at radius 2 is 2.17 bits per heavy atom. The molecule has 0 atom stereocenters. The molecular weight excluding hydrogens is 310 g/mol. The zero-order valence-electron chi connectivity index (χ0n) is 12.6. The predicted molar refractivity (Wildman–Crippen MR) is 87.8 cm³/mol. The van der Waals surface area contributed by atoms with E-state index in [2.05, 4.69) is 16.0 Å². The van der Waals surface area contributed by atoms with Crippen molar-refractivity contribution in [2.24, 2.45) is 0 Å². The summed E-state index contributed by atoms with van der Waals surface area (Å²) >= 11 is 1.67. The SMILES string of the molecule is OCc1ccc(CN2CCc3nc(-c4cccs4)ncc3C2)o1. The molecule has 23 heavy (non-hydrogen) atoms. The molecule has 0 fully saturated rings. The first-order chi connectivity index (χ1) is 11.3. The highest BCUT2D eigenvalue weighted by molar-refractivity contribution is 7.13. The number of rotatable bonds is 4. The van der Waals surface area contributed by atoms with E-state index < -0.39 is 0 Å². The van der Waals surface area contributed by atoms with Crippen LogP contribution in [0, 0.1) is 0 Å². The molecule has 4 heterocycles. The Bertz CT molecular complexity index is 798. The minimum atomic E-state index is -0.0534. The van der Waals surface area contributed by atoms with Crippen molar-refractivity contribution in [2.45, 2.75) is 26.1 Å². The molecule has 118 valence electrons. The third-order valence-electron chi connectivity index (χ3n) is 4.01. The Balaban J connectivity index is 1.49. The molecule has 0 radical (unpaired) electrons. The van der Waals surface area contributed by atoms with Gasteiger partial charge >= 0.3 is 0 Å². The number of aliphatic hydroxyl groups is 1. The lowest BCUT2D eigenvalue weighted by atomic mass is 10.1. The number of thiophene rings is 1. The number of hydrogen-bond donors (Lipinski definition) is 1. The van der Waals surface area contributed by atoms with Gasteiger partial charge in [0.1, 0.15) is 18.1 Å². The summed E-state index contributed by atoms with van der Waals surface area (Å²) in [6.07, 6.45) is 2.87. The Morgan fingerprint density at radius 3 is 2.96 bits per heavy atom. The van der Waals surface area contributed by atoms with E-state index in [-0.39, 0.29) is 6.61 Å². The molecule has 0 saturated carbocycles. The summed E-state index contributed by atoms with van der Waals surface area (Å²) in [5.41, 5.74) is 2.33. The lowest BCUT2D eigenvalue weighted by Gasteiger charge is -2.27. The molecule has 0 aliphatic carbocycles. The summed E-state index contributed by atoms with van der Waals surface area (Å²) in [6.45, 7) is 2.46. The first-order valence-corrected chi connectivity index (χ1v) is 8.49. The second kappa shape index (κ2) is 6.23. The first-order valence-electron chi connectivity index (χ1n) is 7.61. The summed E-state index contributed by atoms with van der Waals surface area (Å²) in [5.74, 6) is 2.32. The summed E-state index contributed by atoms with van der Waals surface area (Å²) in [7, 11) is 0. The standard InChI is InChI=1S/C17H17N3O2S/c21-11-14-4-3-13(22-14)10-20-6-5-15-12(9-20)8-18-17(19-15)16-2-1-7-23-16/h1-4,7-8,21H,5-6,9-11H2. The first kappa shape index (κ1) is 14.6. The second-order valence-corrected chi connectivity index (χ2v) is 6.58. The fraction of sp³-hybridized carbons (Fsp3) is 0.294. The summed E-state index contributed by atoms with van der Waals surface area (Å²) in [5, 5.41) is 11.1. The summed E-state index contributed by atoms with van der Waals surface area (Å²) < 4.78 is 5.57. The van der Waals surface area contributed by atoms with E-state index in [1.165, 1.54) is 5.56 Å². The van der Waals surface area contributed by atoms with Gasteiger partial charge in [0.05, 0.1) is 17.1 Å². The van der Waals surface area contributed by atoms with Gasteiger partial charge in [0, 0.05) is 31.3 Å². The average Bonchev–Trinajstić information content (AvgIpc) is 3.26. The topological polar surface area (TPSA) is 62.4 Å². The molecule has 5 nitrogen and oxygen atoms in total. The van der Waals surface area contributed by atoms with Crippen molar-refractivity contribution in [3.05, 3.63) is 58.6 Å². The van der Waals surface area contributed by atoms with E-state index in [4.69, 9.17) is 14.5 Å².